The van der Waals surface area contributed by atoms with Crippen LogP contribution in [0.2, 0.25) is 0 Å². The summed E-state index contributed by atoms with van der Waals surface area (Å²) in [5.41, 5.74) is 0.536. The van der Waals surface area contributed by atoms with E-state index in [-0.39, 0.29) is 11.5 Å². The van der Waals surface area contributed by atoms with Crippen LogP contribution in [0.25, 0.3) is 0 Å². The van der Waals surface area contributed by atoms with Gasteiger partial charge in [-0.25, -0.2) is 4.39 Å². The van der Waals surface area contributed by atoms with Crippen LogP contribution in [0.5, 0.6) is 5.75 Å². The lowest BCUT2D eigenvalue weighted by molar-refractivity contribution is -0.130. The highest BCUT2D eigenvalue weighted by Gasteiger charge is 2.20. The van der Waals surface area contributed by atoms with Crippen LogP contribution in [-0.4, -0.2) is 19.5 Å². The van der Waals surface area contributed by atoms with Gasteiger partial charge in [0, 0.05) is 13.0 Å². The van der Waals surface area contributed by atoms with Crippen molar-refractivity contribution in [2.45, 2.75) is 32.8 Å². The van der Waals surface area contributed by atoms with Crippen molar-refractivity contribution < 1.29 is 18.7 Å². The number of rotatable bonds is 7. The fourth-order valence-corrected chi connectivity index (χ4v) is 1.64. The van der Waals surface area contributed by atoms with E-state index < -0.39 is 11.9 Å². The minimum absolute atomic E-state index is 0.0481. The number of carbonyl (C=O) groups excluding carboxylic acids is 1. The van der Waals surface area contributed by atoms with Crippen LogP contribution in [-0.2, 0) is 9.53 Å². The highest BCUT2D eigenvalue weighted by Crippen LogP contribution is 2.25. The van der Waals surface area contributed by atoms with Gasteiger partial charge in [0.05, 0.1) is 7.11 Å². The van der Waals surface area contributed by atoms with Gasteiger partial charge in [-0.1, -0.05) is 19.9 Å². The molecule has 0 fully saturated rings. The van der Waals surface area contributed by atoms with E-state index in [0.717, 1.165) is 6.42 Å². The predicted molar refractivity (Wildman–Crippen MR) is 67.2 cm³/mol. The van der Waals surface area contributed by atoms with Gasteiger partial charge < -0.3 is 9.47 Å². The van der Waals surface area contributed by atoms with E-state index in [2.05, 4.69) is 0 Å². The molecule has 0 bridgehead atoms. The third kappa shape index (κ3) is 3.53. The fourth-order valence-electron chi connectivity index (χ4n) is 1.64. The molecule has 3 nitrogen and oxygen atoms in total. The Bertz CT molecular complexity index is 404. The molecular weight excluding hydrogens is 235 g/mol. The summed E-state index contributed by atoms with van der Waals surface area (Å²) in [6.45, 7) is 4.21. The predicted octanol–water partition coefficient (Wildman–Crippen LogP) is 3.28. The van der Waals surface area contributed by atoms with Gasteiger partial charge in [-0.15, -0.1) is 0 Å². The van der Waals surface area contributed by atoms with Crippen molar-refractivity contribution in [1.29, 1.82) is 0 Å². The molecule has 1 rings (SSSR count). The summed E-state index contributed by atoms with van der Waals surface area (Å²) in [4.78, 5) is 11.8. The number of methoxy groups -OCH3 is 1. The molecule has 100 valence electrons. The van der Waals surface area contributed by atoms with Crippen LogP contribution in [0.4, 0.5) is 4.39 Å². The molecule has 1 atom stereocenters. The number of ether oxygens (including phenoxy) is 2. The summed E-state index contributed by atoms with van der Waals surface area (Å²) in [5.74, 6) is -0.367. The number of benzene rings is 1. The largest absolute Gasteiger partial charge is 0.494 e. The molecule has 0 amide bonds. The van der Waals surface area contributed by atoms with Crippen molar-refractivity contribution in [3.8, 4) is 5.75 Å². The molecule has 0 saturated heterocycles. The summed E-state index contributed by atoms with van der Waals surface area (Å²) in [6, 6.07) is 4.47. The lowest BCUT2D eigenvalue weighted by atomic mass is 10.0. The lowest BCUT2D eigenvalue weighted by Gasteiger charge is -2.17. The Labute approximate surface area is 107 Å². The van der Waals surface area contributed by atoms with Crippen molar-refractivity contribution in [3.63, 3.8) is 0 Å². The van der Waals surface area contributed by atoms with Gasteiger partial charge >= 0.3 is 0 Å². The molecule has 0 aliphatic heterocycles. The fraction of sp³-hybridized carbons (Fsp3) is 0.500. The molecule has 4 heteroatoms. The number of halogens is 1. The monoisotopic (exact) mass is 254 g/mol. The molecule has 1 aromatic carbocycles. The summed E-state index contributed by atoms with van der Waals surface area (Å²) >= 11 is 0. The topological polar surface area (TPSA) is 35.5 Å². The first-order valence-electron chi connectivity index (χ1n) is 6.11. The molecule has 0 saturated carbocycles. The quantitative estimate of drug-likeness (QED) is 0.749. The zero-order chi connectivity index (χ0) is 13.5. The Kier molecular flexibility index (Phi) is 5.78. The molecule has 0 N–H and O–H groups in total. The lowest BCUT2D eigenvalue weighted by Crippen LogP contribution is -2.16. The Balaban J connectivity index is 2.97. The average molecular weight is 254 g/mol. The van der Waals surface area contributed by atoms with Gasteiger partial charge in [0.15, 0.2) is 17.3 Å². The molecule has 18 heavy (non-hydrogen) atoms. The number of ketones is 1. The summed E-state index contributed by atoms with van der Waals surface area (Å²) < 4.78 is 24.0. The highest BCUT2D eigenvalue weighted by molar-refractivity contribution is 5.84. The zero-order valence-electron chi connectivity index (χ0n) is 11.0. The van der Waals surface area contributed by atoms with E-state index >= 15 is 0 Å². The minimum atomic E-state index is -0.685. The number of hydrogen-bond acceptors (Lipinski definition) is 3. The van der Waals surface area contributed by atoms with E-state index in [4.69, 9.17) is 9.47 Å². The summed E-state index contributed by atoms with van der Waals surface area (Å²) in [7, 11) is 1.40. The van der Waals surface area contributed by atoms with Gasteiger partial charge in [-0.05, 0) is 24.1 Å². The van der Waals surface area contributed by atoms with E-state index in [1.807, 2.05) is 6.92 Å². The van der Waals surface area contributed by atoms with E-state index in [9.17, 15) is 9.18 Å². The Morgan fingerprint density at radius 1 is 1.39 bits per heavy atom. The normalized spacial score (nSPS) is 12.2. The Hall–Kier alpha value is -1.42. The molecule has 0 radical (unpaired) electrons. The first-order chi connectivity index (χ1) is 8.63. The second kappa shape index (κ2) is 7.11. The third-order valence-corrected chi connectivity index (χ3v) is 2.61. The van der Waals surface area contributed by atoms with Crippen LogP contribution >= 0.6 is 0 Å². The van der Waals surface area contributed by atoms with Crippen molar-refractivity contribution in [1.82, 2.24) is 0 Å². The van der Waals surface area contributed by atoms with Crippen molar-refractivity contribution in [2.75, 3.05) is 13.7 Å². The zero-order valence-corrected chi connectivity index (χ0v) is 11.0. The molecule has 0 heterocycles. The first kappa shape index (κ1) is 14.6. The SMILES string of the molecule is CCCOC(C(=O)CC)c1ccc(OC)c(F)c1. The van der Waals surface area contributed by atoms with Gasteiger partial charge in [0.1, 0.15) is 6.10 Å². The number of carbonyl (C=O) groups is 1. The third-order valence-electron chi connectivity index (χ3n) is 2.61. The smallest absolute Gasteiger partial charge is 0.165 e. The van der Waals surface area contributed by atoms with Gasteiger partial charge in [0.25, 0.3) is 0 Å². The minimum Gasteiger partial charge on any atom is -0.494 e. The van der Waals surface area contributed by atoms with Crippen molar-refractivity contribution in [3.05, 3.63) is 29.6 Å². The van der Waals surface area contributed by atoms with Gasteiger partial charge in [0.2, 0.25) is 0 Å². The molecule has 1 unspecified atom stereocenters. The molecule has 0 aliphatic rings. The second-order valence-electron chi connectivity index (χ2n) is 3.96. The average Bonchev–Trinajstić information content (AvgIpc) is 2.39. The maximum absolute atomic E-state index is 13.6. The number of hydrogen-bond donors (Lipinski definition) is 0. The molecule has 1 aromatic rings. The van der Waals surface area contributed by atoms with Crippen LogP contribution in [0.1, 0.15) is 38.4 Å². The molecule has 0 spiro atoms. The van der Waals surface area contributed by atoms with E-state index in [1.54, 1.807) is 13.0 Å². The maximum atomic E-state index is 13.6. The van der Waals surface area contributed by atoms with Gasteiger partial charge in [-0.3, -0.25) is 4.79 Å². The molecule has 0 aliphatic carbocycles. The summed E-state index contributed by atoms with van der Waals surface area (Å²) in [5, 5.41) is 0. The standard InChI is InChI=1S/C14H19FO3/c1-4-8-18-14(12(16)5-2)10-6-7-13(17-3)11(15)9-10/h6-7,9,14H,4-5,8H2,1-3H3. The van der Waals surface area contributed by atoms with Crippen molar-refractivity contribution in [2.24, 2.45) is 0 Å². The van der Waals surface area contributed by atoms with Gasteiger partial charge in [-0.2, -0.15) is 0 Å². The van der Waals surface area contributed by atoms with Crippen LogP contribution in [0, 0.1) is 5.82 Å². The Morgan fingerprint density at radius 2 is 2.11 bits per heavy atom. The Morgan fingerprint density at radius 3 is 2.61 bits per heavy atom. The molecule has 0 aromatic heterocycles. The first-order valence-corrected chi connectivity index (χ1v) is 6.11. The maximum Gasteiger partial charge on any atom is 0.165 e. The van der Waals surface area contributed by atoms with Crippen LogP contribution < -0.4 is 4.74 Å². The van der Waals surface area contributed by atoms with E-state index in [1.165, 1.54) is 19.2 Å². The second-order valence-corrected chi connectivity index (χ2v) is 3.96. The van der Waals surface area contributed by atoms with E-state index in [0.29, 0.717) is 18.6 Å². The summed E-state index contributed by atoms with van der Waals surface area (Å²) in [6.07, 6.45) is 0.490. The molecular formula is C14H19FO3. The number of Topliss-reactive ketones (excluding diaryl/α,β-unsaturated/α-hetero) is 1. The van der Waals surface area contributed by atoms with Crippen molar-refractivity contribution >= 4 is 5.78 Å². The van der Waals surface area contributed by atoms with Crippen LogP contribution in [0.15, 0.2) is 18.2 Å². The highest BCUT2D eigenvalue weighted by atomic mass is 19.1. The van der Waals surface area contributed by atoms with Crippen LogP contribution in [0.3, 0.4) is 0 Å².